The van der Waals surface area contributed by atoms with Gasteiger partial charge in [-0.1, -0.05) is 17.7 Å². The number of aliphatic hydroxyl groups excluding tert-OH is 1. The van der Waals surface area contributed by atoms with Crippen molar-refractivity contribution in [1.29, 1.82) is 0 Å². The second-order valence-electron chi connectivity index (χ2n) is 9.23. The number of nitrogens with one attached hydrogen (secondary N) is 1. The molecule has 0 radical (unpaired) electrons. The van der Waals surface area contributed by atoms with Crippen LogP contribution in [0, 0.1) is 6.92 Å². The van der Waals surface area contributed by atoms with Gasteiger partial charge in [0, 0.05) is 13.1 Å². The number of β-amino-alcohol motifs (C(OH)–C–C–N with tert-alkyl or cyclic N) is 1. The zero-order valence-electron chi connectivity index (χ0n) is 19.8. The number of rotatable bonds is 8. The molecule has 0 unspecified atom stereocenters. The fraction of sp³-hybridized carbons (Fsp3) is 0.696. The number of carbonyl (C=O) groups is 1. The number of amides is 1. The topological polar surface area (TPSA) is 108 Å². The van der Waals surface area contributed by atoms with Gasteiger partial charge in [-0.25, -0.2) is 8.42 Å². The first-order chi connectivity index (χ1) is 15.7. The number of aryl methyl sites for hydroxylation is 1. The van der Waals surface area contributed by atoms with Crippen LogP contribution in [0.1, 0.15) is 31.2 Å². The maximum atomic E-state index is 13.5. The van der Waals surface area contributed by atoms with Crippen molar-refractivity contribution < 1.29 is 27.8 Å². The van der Waals surface area contributed by atoms with Gasteiger partial charge in [-0.15, -0.1) is 0 Å². The minimum atomic E-state index is -3.83. The first-order valence-electron chi connectivity index (χ1n) is 11.6. The molecule has 4 atom stereocenters. The highest BCUT2D eigenvalue weighted by Gasteiger charge is 2.43. The van der Waals surface area contributed by atoms with Gasteiger partial charge in [-0.2, -0.15) is 4.31 Å². The Morgan fingerprint density at radius 1 is 1.21 bits per heavy atom. The fourth-order valence-electron chi connectivity index (χ4n) is 4.32. The molecule has 2 aliphatic heterocycles. The molecule has 1 amide bonds. The molecule has 1 aromatic carbocycles. The van der Waals surface area contributed by atoms with Crippen molar-refractivity contribution in [1.82, 2.24) is 14.5 Å². The van der Waals surface area contributed by atoms with Crippen LogP contribution < -0.4 is 5.32 Å². The number of sulfonamides is 1. The van der Waals surface area contributed by atoms with E-state index in [2.05, 4.69) is 10.2 Å². The van der Waals surface area contributed by atoms with E-state index in [0.29, 0.717) is 19.4 Å². The van der Waals surface area contributed by atoms with Crippen molar-refractivity contribution >= 4 is 15.9 Å². The molecule has 3 rings (SSSR count). The van der Waals surface area contributed by atoms with Crippen LogP contribution in [0.3, 0.4) is 0 Å². The summed E-state index contributed by atoms with van der Waals surface area (Å²) in [6.07, 6.45) is 0.481. The standard InChI is InChI=1S/C23H37N3O6S/c1-17-5-8-20(9-6-17)33(29,30)26-14-18(27)15-31-16-22-21(26)10-7-19(32-22)13-23(28)24-11-4-12-25(2)3/h5-6,8-9,18-19,21-22,27H,4,7,10-16H2,1-3H3,(H,24,28)/t18-,19-,21+,22-/m1/s1. The molecule has 2 fully saturated rings. The van der Waals surface area contributed by atoms with Crippen molar-refractivity contribution in [2.24, 2.45) is 0 Å². The largest absolute Gasteiger partial charge is 0.389 e. The summed E-state index contributed by atoms with van der Waals surface area (Å²) in [5.74, 6) is -0.0662. The molecule has 2 heterocycles. The van der Waals surface area contributed by atoms with Gasteiger partial charge in [0.2, 0.25) is 15.9 Å². The second kappa shape index (κ2) is 11.7. The van der Waals surface area contributed by atoms with Gasteiger partial charge in [0.15, 0.2) is 0 Å². The molecular formula is C23H37N3O6S. The Morgan fingerprint density at radius 2 is 1.94 bits per heavy atom. The number of hydrogen-bond acceptors (Lipinski definition) is 7. The summed E-state index contributed by atoms with van der Waals surface area (Å²) in [5.41, 5.74) is 0.969. The Bertz CT molecular complexity index is 877. The van der Waals surface area contributed by atoms with Crippen molar-refractivity contribution in [3.05, 3.63) is 29.8 Å². The molecule has 0 aromatic heterocycles. The van der Waals surface area contributed by atoms with Crippen molar-refractivity contribution in [3.8, 4) is 0 Å². The molecule has 0 bridgehead atoms. The smallest absolute Gasteiger partial charge is 0.243 e. The molecule has 10 heteroatoms. The molecule has 2 saturated heterocycles. The Morgan fingerprint density at radius 3 is 2.64 bits per heavy atom. The third kappa shape index (κ3) is 7.21. The molecule has 0 aliphatic carbocycles. The van der Waals surface area contributed by atoms with Crippen molar-refractivity contribution in [2.75, 3.05) is 46.9 Å². The summed E-state index contributed by atoms with van der Waals surface area (Å²) < 4.78 is 40.1. The Balaban J connectivity index is 1.67. The predicted octanol–water partition coefficient (Wildman–Crippen LogP) is 0.751. The lowest BCUT2D eigenvalue weighted by molar-refractivity contribution is -0.146. The number of nitrogens with zero attached hydrogens (tertiary/aromatic N) is 2. The van der Waals surface area contributed by atoms with Gasteiger partial charge in [-0.05, 0) is 59.0 Å². The first-order valence-corrected chi connectivity index (χ1v) is 13.0. The van der Waals surface area contributed by atoms with Crippen LogP contribution in [-0.2, 0) is 24.3 Å². The molecule has 0 spiro atoms. The molecular weight excluding hydrogens is 446 g/mol. The molecule has 2 N–H and O–H groups in total. The summed E-state index contributed by atoms with van der Waals surface area (Å²) in [5, 5.41) is 13.2. The van der Waals surface area contributed by atoms with Crippen molar-refractivity contribution in [2.45, 2.75) is 61.9 Å². The predicted molar refractivity (Wildman–Crippen MR) is 124 cm³/mol. The molecule has 9 nitrogen and oxygen atoms in total. The van der Waals surface area contributed by atoms with Gasteiger partial charge in [0.25, 0.3) is 0 Å². The monoisotopic (exact) mass is 483 g/mol. The average Bonchev–Trinajstić information content (AvgIpc) is 2.74. The van der Waals surface area contributed by atoms with E-state index in [9.17, 15) is 18.3 Å². The van der Waals surface area contributed by atoms with Crippen molar-refractivity contribution in [3.63, 3.8) is 0 Å². The highest BCUT2D eigenvalue weighted by atomic mass is 32.2. The molecule has 1 aromatic rings. The highest BCUT2D eigenvalue weighted by Crippen LogP contribution is 2.31. The van der Waals surface area contributed by atoms with Gasteiger partial charge in [-0.3, -0.25) is 4.79 Å². The van der Waals surface area contributed by atoms with E-state index in [1.165, 1.54) is 4.31 Å². The van der Waals surface area contributed by atoms with Crippen LogP contribution in [0.4, 0.5) is 0 Å². The van der Waals surface area contributed by atoms with Gasteiger partial charge >= 0.3 is 0 Å². The van der Waals surface area contributed by atoms with Crippen LogP contribution in [0.5, 0.6) is 0 Å². The molecule has 186 valence electrons. The minimum Gasteiger partial charge on any atom is -0.389 e. The zero-order valence-corrected chi connectivity index (χ0v) is 20.6. The quantitative estimate of drug-likeness (QED) is 0.525. The normalized spacial score (nSPS) is 26.9. The summed E-state index contributed by atoms with van der Waals surface area (Å²) >= 11 is 0. The van der Waals surface area contributed by atoms with E-state index in [4.69, 9.17) is 9.47 Å². The summed E-state index contributed by atoms with van der Waals surface area (Å²) in [6.45, 7) is 3.55. The van der Waals surface area contributed by atoms with Crippen LogP contribution in [0.25, 0.3) is 0 Å². The molecule has 2 aliphatic rings. The van der Waals surface area contributed by atoms with E-state index in [0.717, 1.165) is 18.5 Å². The number of benzene rings is 1. The maximum absolute atomic E-state index is 13.5. The summed E-state index contributed by atoms with van der Waals surface area (Å²) in [4.78, 5) is 14.6. The van der Waals surface area contributed by atoms with Crippen LogP contribution in [0.15, 0.2) is 29.2 Å². The van der Waals surface area contributed by atoms with Gasteiger partial charge in [0.05, 0.1) is 48.9 Å². The number of fused-ring (bicyclic) bond motifs is 1. The highest BCUT2D eigenvalue weighted by molar-refractivity contribution is 7.89. The number of ether oxygens (including phenoxy) is 2. The van der Waals surface area contributed by atoms with E-state index in [1.54, 1.807) is 24.3 Å². The SMILES string of the molecule is Cc1ccc(S(=O)(=O)N2C[C@@H](O)COC[C@H]3O[C@@H](CC(=O)NCCCN(C)C)CC[C@@H]32)cc1. The lowest BCUT2D eigenvalue weighted by Gasteiger charge is -2.43. The average molecular weight is 484 g/mol. The van der Waals surface area contributed by atoms with E-state index in [1.807, 2.05) is 21.0 Å². The number of carbonyl (C=O) groups excluding carboxylic acids is 1. The minimum absolute atomic E-state index is 0.0313. The maximum Gasteiger partial charge on any atom is 0.243 e. The third-order valence-electron chi connectivity index (χ3n) is 6.08. The summed E-state index contributed by atoms with van der Waals surface area (Å²) in [7, 11) is 0.155. The Hall–Kier alpha value is -1.56. The van der Waals surface area contributed by atoms with E-state index in [-0.39, 0.29) is 43.1 Å². The Kier molecular flexibility index (Phi) is 9.25. The number of hydrogen-bond donors (Lipinski definition) is 2. The lowest BCUT2D eigenvalue weighted by atomic mass is 9.96. The van der Waals surface area contributed by atoms with E-state index >= 15 is 0 Å². The zero-order chi connectivity index (χ0) is 24.0. The second-order valence-corrected chi connectivity index (χ2v) is 11.1. The summed E-state index contributed by atoms with van der Waals surface area (Å²) in [6, 6.07) is 6.24. The van der Waals surface area contributed by atoms with Crippen LogP contribution in [-0.4, -0.2) is 99.9 Å². The van der Waals surface area contributed by atoms with Gasteiger partial charge in [0.1, 0.15) is 0 Å². The fourth-order valence-corrected chi connectivity index (χ4v) is 6.04. The first kappa shape index (κ1) is 26.1. The van der Waals surface area contributed by atoms with Crippen LogP contribution >= 0.6 is 0 Å². The lowest BCUT2D eigenvalue weighted by Crippen LogP contribution is -2.57. The Labute approximate surface area is 197 Å². The van der Waals surface area contributed by atoms with Crippen LogP contribution in [0.2, 0.25) is 0 Å². The molecule has 0 saturated carbocycles. The molecule has 33 heavy (non-hydrogen) atoms. The van der Waals surface area contributed by atoms with Gasteiger partial charge < -0.3 is 24.8 Å². The third-order valence-corrected chi connectivity index (χ3v) is 7.98. The van der Waals surface area contributed by atoms with E-state index < -0.39 is 28.3 Å². The number of aliphatic hydroxyl groups is 1.